The normalized spacial score (nSPS) is 22.8. The first-order valence-electron chi connectivity index (χ1n) is 7.53. The number of carboxylic acid groups (broad SMARTS) is 1. The van der Waals surface area contributed by atoms with Gasteiger partial charge in [0.1, 0.15) is 0 Å². The van der Waals surface area contributed by atoms with Gasteiger partial charge in [-0.05, 0) is 12.8 Å². The Bertz CT molecular complexity index is 474. The third kappa shape index (κ3) is 5.30. The molecule has 1 rings (SSSR count). The minimum atomic E-state index is -3.25. The number of hydrogen-bond donors (Lipinski definition) is 1. The number of carboxylic acids is 1. The predicted molar refractivity (Wildman–Crippen MR) is 79.7 cm³/mol. The topological polar surface area (TPSA) is 91.8 Å². The number of carbonyl (C=O) groups excluding carboxylic acids is 1. The second-order valence-corrected chi connectivity index (χ2v) is 7.87. The van der Waals surface area contributed by atoms with E-state index >= 15 is 0 Å². The zero-order chi connectivity index (χ0) is 16.0. The van der Waals surface area contributed by atoms with Crippen molar-refractivity contribution >= 4 is 21.7 Å². The molecule has 0 aromatic carbocycles. The van der Waals surface area contributed by atoms with E-state index in [4.69, 9.17) is 5.11 Å². The molecule has 1 N–H and O–H groups in total. The van der Waals surface area contributed by atoms with Crippen LogP contribution in [0.1, 0.15) is 46.0 Å². The lowest BCUT2D eigenvalue weighted by atomic mass is 9.96. The third-order valence-electron chi connectivity index (χ3n) is 3.97. The lowest BCUT2D eigenvalue weighted by Gasteiger charge is -2.36. The summed E-state index contributed by atoms with van der Waals surface area (Å²) >= 11 is 0. The highest BCUT2D eigenvalue weighted by molar-refractivity contribution is 7.91. The number of unbranched alkanes of at least 4 members (excludes halogenated alkanes) is 1. The standard InChI is InChI=1S/C14H25NO5S/c1-3-5-6-11(4-2)14(18)15-7-8-21(19,20)10-12(15)9-13(16)17/h11-12H,3-10H2,1-2H3,(H,16,17). The maximum atomic E-state index is 12.6. The van der Waals surface area contributed by atoms with Crippen LogP contribution in [-0.4, -0.2) is 54.4 Å². The molecule has 0 aromatic rings. The Hall–Kier alpha value is -1.11. The van der Waals surface area contributed by atoms with Crippen LogP contribution in [0.25, 0.3) is 0 Å². The average Bonchev–Trinajstić information content (AvgIpc) is 2.37. The summed E-state index contributed by atoms with van der Waals surface area (Å²) in [6.45, 7) is 4.10. The summed E-state index contributed by atoms with van der Waals surface area (Å²) in [5, 5.41) is 8.94. The minimum absolute atomic E-state index is 0.0704. The molecule has 6 nitrogen and oxygen atoms in total. The fraction of sp³-hybridized carbons (Fsp3) is 0.857. The molecule has 1 heterocycles. The molecule has 1 saturated heterocycles. The van der Waals surface area contributed by atoms with E-state index in [1.54, 1.807) is 0 Å². The predicted octanol–water partition coefficient (Wildman–Crippen LogP) is 1.30. The smallest absolute Gasteiger partial charge is 0.305 e. The van der Waals surface area contributed by atoms with Crippen LogP contribution in [0.15, 0.2) is 0 Å². The Morgan fingerprint density at radius 2 is 2.00 bits per heavy atom. The second-order valence-electron chi connectivity index (χ2n) is 5.65. The fourth-order valence-electron chi connectivity index (χ4n) is 2.73. The average molecular weight is 319 g/mol. The molecule has 7 heteroatoms. The van der Waals surface area contributed by atoms with Crippen molar-refractivity contribution in [2.45, 2.75) is 52.0 Å². The fourth-order valence-corrected chi connectivity index (χ4v) is 4.26. The van der Waals surface area contributed by atoms with Gasteiger partial charge in [0.15, 0.2) is 9.84 Å². The van der Waals surface area contributed by atoms with Gasteiger partial charge in [0, 0.05) is 12.5 Å². The molecule has 1 amide bonds. The maximum Gasteiger partial charge on any atom is 0.305 e. The highest BCUT2D eigenvalue weighted by Crippen LogP contribution is 2.22. The largest absolute Gasteiger partial charge is 0.481 e. The van der Waals surface area contributed by atoms with Gasteiger partial charge in [-0.2, -0.15) is 0 Å². The van der Waals surface area contributed by atoms with Crippen molar-refractivity contribution in [3.8, 4) is 0 Å². The first-order valence-corrected chi connectivity index (χ1v) is 9.35. The molecule has 2 unspecified atom stereocenters. The van der Waals surface area contributed by atoms with Gasteiger partial charge in [-0.15, -0.1) is 0 Å². The first kappa shape index (κ1) is 17.9. The summed E-state index contributed by atoms with van der Waals surface area (Å²) in [4.78, 5) is 25.0. The minimum Gasteiger partial charge on any atom is -0.481 e. The van der Waals surface area contributed by atoms with E-state index in [1.807, 2.05) is 6.92 Å². The summed E-state index contributed by atoms with van der Waals surface area (Å²) in [7, 11) is -3.25. The number of amides is 1. The van der Waals surface area contributed by atoms with Crippen LogP contribution >= 0.6 is 0 Å². The second kappa shape index (κ2) is 7.77. The van der Waals surface area contributed by atoms with Gasteiger partial charge in [0.05, 0.1) is 24.0 Å². The molecule has 1 aliphatic rings. The molecule has 2 atom stereocenters. The van der Waals surface area contributed by atoms with E-state index in [2.05, 4.69) is 6.92 Å². The third-order valence-corrected chi connectivity index (χ3v) is 5.67. The van der Waals surface area contributed by atoms with Crippen LogP contribution in [0.3, 0.4) is 0 Å². The maximum absolute atomic E-state index is 12.6. The van der Waals surface area contributed by atoms with Gasteiger partial charge >= 0.3 is 5.97 Å². The van der Waals surface area contributed by atoms with Crippen LogP contribution in [-0.2, 0) is 19.4 Å². The Balaban J connectivity index is 2.85. The SMILES string of the molecule is CCCCC(CC)C(=O)N1CCS(=O)(=O)CC1CC(=O)O. The van der Waals surface area contributed by atoms with Crippen LogP contribution in [0, 0.1) is 5.92 Å². The molecule has 0 aromatic heterocycles. The van der Waals surface area contributed by atoms with Crippen molar-refractivity contribution in [3.63, 3.8) is 0 Å². The molecular formula is C14H25NO5S. The van der Waals surface area contributed by atoms with Crippen molar-refractivity contribution in [2.24, 2.45) is 5.92 Å². The van der Waals surface area contributed by atoms with Gasteiger partial charge in [0.2, 0.25) is 5.91 Å². The molecule has 21 heavy (non-hydrogen) atoms. The van der Waals surface area contributed by atoms with Crippen LogP contribution in [0.5, 0.6) is 0 Å². The molecule has 1 aliphatic heterocycles. The molecule has 1 fully saturated rings. The zero-order valence-corrected chi connectivity index (χ0v) is 13.6. The lowest BCUT2D eigenvalue weighted by Crippen LogP contribution is -2.53. The Morgan fingerprint density at radius 3 is 2.52 bits per heavy atom. The van der Waals surface area contributed by atoms with Gasteiger partial charge in [-0.3, -0.25) is 9.59 Å². The monoisotopic (exact) mass is 319 g/mol. The van der Waals surface area contributed by atoms with Crippen molar-refractivity contribution in [1.29, 1.82) is 0 Å². The number of aliphatic carboxylic acids is 1. The van der Waals surface area contributed by atoms with E-state index in [9.17, 15) is 18.0 Å². The highest BCUT2D eigenvalue weighted by Gasteiger charge is 2.37. The summed E-state index contributed by atoms with van der Waals surface area (Å²) in [5.41, 5.74) is 0. The lowest BCUT2D eigenvalue weighted by molar-refractivity contribution is -0.142. The first-order chi connectivity index (χ1) is 9.80. The molecule has 0 spiro atoms. The Labute approximate surface area is 126 Å². The van der Waals surface area contributed by atoms with Gasteiger partial charge < -0.3 is 10.0 Å². The van der Waals surface area contributed by atoms with Gasteiger partial charge in [0.25, 0.3) is 0 Å². The van der Waals surface area contributed by atoms with Gasteiger partial charge in [-0.25, -0.2) is 8.42 Å². The number of sulfone groups is 1. The molecule has 0 radical (unpaired) electrons. The van der Waals surface area contributed by atoms with E-state index in [1.165, 1.54) is 4.90 Å². The Kier molecular flexibility index (Phi) is 6.64. The van der Waals surface area contributed by atoms with E-state index in [-0.39, 0.29) is 36.3 Å². The zero-order valence-electron chi connectivity index (χ0n) is 12.7. The summed E-state index contributed by atoms with van der Waals surface area (Å²) in [6.07, 6.45) is 3.10. The van der Waals surface area contributed by atoms with E-state index in [0.717, 1.165) is 19.3 Å². The van der Waals surface area contributed by atoms with Crippen molar-refractivity contribution < 1.29 is 23.1 Å². The molecule has 0 saturated carbocycles. The summed E-state index contributed by atoms with van der Waals surface area (Å²) in [5.74, 6) is -1.61. The summed E-state index contributed by atoms with van der Waals surface area (Å²) < 4.78 is 23.4. The molecule has 0 aliphatic carbocycles. The van der Waals surface area contributed by atoms with Crippen molar-refractivity contribution in [1.82, 2.24) is 4.90 Å². The van der Waals surface area contributed by atoms with Crippen LogP contribution in [0.4, 0.5) is 0 Å². The van der Waals surface area contributed by atoms with E-state index < -0.39 is 21.8 Å². The molecule has 122 valence electrons. The number of carbonyl (C=O) groups is 2. The molecular weight excluding hydrogens is 294 g/mol. The van der Waals surface area contributed by atoms with E-state index in [0.29, 0.717) is 6.42 Å². The van der Waals surface area contributed by atoms with Gasteiger partial charge in [-0.1, -0.05) is 26.7 Å². The van der Waals surface area contributed by atoms with Crippen molar-refractivity contribution in [2.75, 3.05) is 18.1 Å². The van der Waals surface area contributed by atoms with Crippen LogP contribution in [0.2, 0.25) is 0 Å². The number of nitrogens with zero attached hydrogens (tertiary/aromatic N) is 1. The summed E-state index contributed by atoms with van der Waals surface area (Å²) in [6, 6.07) is -0.732. The van der Waals surface area contributed by atoms with Crippen LogP contribution < -0.4 is 0 Å². The molecule has 0 bridgehead atoms. The van der Waals surface area contributed by atoms with Crippen molar-refractivity contribution in [3.05, 3.63) is 0 Å². The quantitative estimate of drug-likeness (QED) is 0.763. The number of rotatable bonds is 7. The number of hydrogen-bond acceptors (Lipinski definition) is 4. The highest BCUT2D eigenvalue weighted by atomic mass is 32.2. The Morgan fingerprint density at radius 1 is 1.33 bits per heavy atom.